The normalized spacial score (nSPS) is 27.6. The minimum Gasteiger partial charge on any atom is -0.348 e. The van der Waals surface area contributed by atoms with Crippen LogP contribution in [0, 0.1) is 23.5 Å². The highest BCUT2D eigenvalue weighted by Crippen LogP contribution is 2.28. The van der Waals surface area contributed by atoms with Gasteiger partial charge in [-0.2, -0.15) is 0 Å². The molecule has 2 aliphatic rings. The van der Waals surface area contributed by atoms with Crippen molar-refractivity contribution in [3.8, 4) is 0 Å². The summed E-state index contributed by atoms with van der Waals surface area (Å²) in [5.41, 5.74) is 6.42. The summed E-state index contributed by atoms with van der Waals surface area (Å²) in [4.78, 5) is 16.0. The fraction of sp³-hybridized carbons (Fsp3) is 0.588. The summed E-state index contributed by atoms with van der Waals surface area (Å²) in [5.74, 6) is -0.713. The lowest BCUT2D eigenvalue weighted by atomic mass is 9.88. The summed E-state index contributed by atoms with van der Waals surface area (Å²) in [6.07, 6.45) is 0.909. The molecule has 5 nitrogen and oxygen atoms in total. The van der Waals surface area contributed by atoms with E-state index in [0.29, 0.717) is 6.54 Å². The number of halogens is 2. The Bertz CT molecular complexity index is 590. The van der Waals surface area contributed by atoms with Gasteiger partial charge < -0.3 is 4.90 Å². The van der Waals surface area contributed by atoms with Crippen LogP contribution in [-0.2, 0) is 11.3 Å². The van der Waals surface area contributed by atoms with E-state index >= 15 is 0 Å². The Hall–Kier alpha value is -1.57. The largest absolute Gasteiger partial charge is 0.348 e. The number of likely N-dealkylation sites (tertiary alicyclic amines) is 1. The van der Waals surface area contributed by atoms with E-state index in [9.17, 15) is 13.6 Å². The third-order valence-electron chi connectivity index (χ3n) is 5.04. The first-order valence-electron chi connectivity index (χ1n) is 8.32. The van der Waals surface area contributed by atoms with Crippen LogP contribution in [0.1, 0.15) is 12.0 Å². The average molecular weight is 338 g/mol. The molecular formula is C17H24F2N4O. The lowest BCUT2D eigenvalue weighted by molar-refractivity contribution is -0.133. The molecule has 1 aromatic carbocycles. The lowest BCUT2D eigenvalue weighted by Gasteiger charge is -2.26. The molecule has 7 heteroatoms. The van der Waals surface area contributed by atoms with Gasteiger partial charge in [-0.25, -0.2) is 8.78 Å². The predicted octanol–water partition coefficient (Wildman–Crippen LogP) is 0.968. The van der Waals surface area contributed by atoms with Crippen LogP contribution in [0.15, 0.2) is 18.2 Å². The molecule has 2 heterocycles. The number of nitrogens with one attached hydrogen (secondary N) is 2. The van der Waals surface area contributed by atoms with Crippen molar-refractivity contribution in [2.75, 3.05) is 33.7 Å². The molecule has 0 radical (unpaired) electrons. The molecule has 0 bridgehead atoms. The molecule has 0 saturated carbocycles. The maximum Gasteiger partial charge on any atom is 0.228 e. The molecule has 0 spiro atoms. The lowest BCUT2D eigenvalue weighted by Crippen LogP contribution is -2.44. The molecular weight excluding hydrogens is 314 g/mol. The maximum atomic E-state index is 13.8. The second-order valence-electron chi connectivity index (χ2n) is 6.87. The summed E-state index contributed by atoms with van der Waals surface area (Å²) in [6.45, 7) is 2.38. The second kappa shape index (κ2) is 7.13. The van der Waals surface area contributed by atoms with E-state index in [-0.39, 0.29) is 35.9 Å². The van der Waals surface area contributed by atoms with E-state index in [1.165, 1.54) is 18.2 Å². The van der Waals surface area contributed by atoms with E-state index < -0.39 is 11.6 Å². The molecule has 2 aliphatic heterocycles. The van der Waals surface area contributed by atoms with Crippen molar-refractivity contribution in [3.05, 3.63) is 35.4 Å². The fourth-order valence-corrected chi connectivity index (χ4v) is 3.74. The number of hydrogen-bond acceptors (Lipinski definition) is 4. The Morgan fingerprint density at radius 3 is 2.71 bits per heavy atom. The number of carbonyl (C=O) groups excluding carboxylic acids is 1. The summed E-state index contributed by atoms with van der Waals surface area (Å²) >= 11 is 0. The van der Waals surface area contributed by atoms with Crippen LogP contribution < -0.4 is 10.9 Å². The predicted molar refractivity (Wildman–Crippen MR) is 86.9 cm³/mol. The molecule has 0 aliphatic carbocycles. The van der Waals surface area contributed by atoms with Gasteiger partial charge in [0, 0.05) is 45.3 Å². The molecule has 3 rings (SSSR count). The van der Waals surface area contributed by atoms with Gasteiger partial charge in [0.25, 0.3) is 0 Å². The number of benzene rings is 1. The molecule has 132 valence electrons. The van der Waals surface area contributed by atoms with Gasteiger partial charge in [-0.1, -0.05) is 6.07 Å². The molecule has 2 N–H and O–H groups in total. The van der Waals surface area contributed by atoms with Gasteiger partial charge in [0.2, 0.25) is 5.91 Å². The van der Waals surface area contributed by atoms with Gasteiger partial charge in [0.15, 0.2) is 0 Å². The standard InChI is InChI=1S/C17H24F2N4O/c1-22(2)17(24)12-8-20-21-16(12)11-6-7-23(9-11)10-13-14(18)4-3-5-15(13)19/h3-5,11-12,16,20-21H,6-10H2,1-2H3. The Balaban J connectivity index is 1.64. The molecule has 2 saturated heterocycles. The highest BCUT2D eigenvalue weighted by atomic mass is 19.1. The summed E-state index contributed by atoms with van der Waals surface area (Å²) in [5, 5.41) is 0. The highest BCUT2D eigenvalue weighted by Gasteiger charge is 2.41. The SMILES string of the molecule is CN(C)C(=O)C1CNNC1C1CCN(Cc2c(F)cccc2F)C1. The van der Waals surface area contributed by atoms with Gasteiger partial charge in [-0.05, 0) is 31.0 Å². The van der Waals surface area contributed by atoms with Crippen molar-refractivity contribution in [2.24, 2.45) is 11.8 Å². The summed E-state index contributed by atoms with van der Waals surface area (Å²) in [7, 11) is 3.53. The molecule has 24 heavy (non-hydrogen) atoms. The smallest absolute Gasteiger partial charge is 0.228 e. The molecule has 3 atom stereocenters. The van der Waals surface area contributed by atoms with Crippen molar-refractivity contribution in [3.63, 3.8) is 0 Å². The Morgan fingerprint density at radius 1 is 1.33 bits per heavy atom. The highest BCUT2D eigenvalue weighted by molar-refractivity contribution is 5.79. The zero-order valence-corrected chi connectivity index (χ0v) is 14.1. The van der Waals surface area contributed by atoms with Gasteiger partial charge in [0.1, 0.15) is 11.6 Å². The number of carbonyl (C=O) groups is 1. The fourth-order valence-electron chi connectivity index (χ4n) is 3.74. The quantitative estimate of drug-likeness (QED) is 0.859. The van der Waals surface area contributed by atoms with Crippen molar-refractivity contribution >= 4 is 5.91 Å². The molecule has 3 unspecified atom stereocenters. The van der Waals surface area contributed by atoms with Crippen molar-refractivity contribution in [1.29, 1.82) is 0 Å². The van der Waals surface area contributed by atoms with E-state index in [1.54, 1.807) is 19.0 Å². The van der Waals surface area contributed by atoms with Crippen molar-refractivity contribution in [1.82, 2.24) is 20.7 Å². The number of amides is 1. The van der Waals surface area contributed by atoms with Crippen molar-refractivity contribution in [2.45, 2.75) is 19.0 Å². The Morgan fingerprint density at radius 2 is 2.04 bits per heavy atom. The third kappa shape index (κ3) is 3.43. The maximum absolute atomic E-state index is 13.8. The minimum atomic E-state index is -0.500. The first-order chi connectivity index (χ1) is 11.5. The van der Waals surface area contributed by atoms with Crippen LogP contribution in [0.5, 0.6) is 0 Å². The Kier molecular flexibility index (Phi) is 5.12. The van der Waals surface area contributed by atoms with Crippen LogP contribution >= 0.6 is 0 Å². The first kappa shape index (κ1) is 17.3. The number of nitrogens with zero attached hydrogens (tertiary/aromatic N) is 2. The van der Waals surface area contributed by atoms with E-state index in [2.05, 4.69) is 15.8 Å². The molecule has 0 aromatic heterocycles. The topological polar surface area (TPSA) is 47.6 Å². The first-order valence-corrected chi connectivity index (χ1v) is 8.32. The van der Waals surface area contributed by atoms with Gasteiger partial charge in [-0.3, -0.25) is 20.5 Å². The molecule has 1 aromatic rings. The van der Waals surface area contributed by atoms with Gasteiger partial charge in [-0.15, -0.1) is 0 Å². The van der Waals surface area contributed by atoms with E-state index in [1.807, 2.05) is 0 Å². The average Bonchev–Trinajstić information content (AvgIpc) is 3.19. The molecule has 2 fully saturated rings. The zero-order chi connectivity index (χ0) is 17.3. The zero-order valence-electron chi connectivity index (χ0n) is 14.1. The van der Waals surface area contributed by atoms with E-state index in [0.717, 1.165) is 19.5 Å². The van der Waals surface area contributed by atoms with Crippen LogP contribution in [0.4, 0.5) is 8.78 Å². The second-order valence-corrected chi connectivity index (χ2v) is 6.87. The van der Waals surface area contributed by atoms with E-state index in [4.69, 9.17) is 0 Å². The van der Waals surface area contributed by atoms with Crippen LogP contribution in [-0.4, -0.2) is 55.5 Å². The summed E-state index contributed by atoms with van der Waals surface area (Å²) in [6, 6.07) is 4.02. The van der Waals surface area contributed by atoms with Crippen LogP contribution in [0.3, 0.4) is 0 Å². The van der Waals surface area contributed by atoms with Crippen molar-refractivity contribution < 1.29 is 13.6 Å². The monoisotopic (exact) mass is 338 g/mol. The Labute approximate surface area is 141 Å². The number of hydrogen-bond donors (Lipinski definition) is 2. The van der Waals surface area contributed by atoms with Gasteiger partial charge in [0.05, 0.1) is 5.92 Å². The molecule has 1 amide bonds. The number of hydrazine groups is 1. The van der Waals surface area contributed by atoms with Crippen LogP contribution in [0.25, 0.3) is 0 Å². The number of rotatable bonds is 4. The van der Waals surface area contributed by atoms with Crippen LogP contribution in [0.2, 0.25) is 0 Å². The minimum absolute atomic E-state index is 0.0513. The van der Waals surface area contributed by atoms with Gasteiger partial charge >= 0.3 is 0 Å². The third-order valence-corrected chi connectivity index (χ3v) is 5.04. The summed E-state index contributed by atoms with van der Waals surface area (Å²) < 4.78 is 27.6.